The largest absolute Gasteiger partial charge is 0.495 e. The Labute approximate surface area is 128 Å². The van der Waals surface area contributed by atoms with Crippen LogP contribution in [0.15, 0.2) is 18.2 Å². The van der Waals surface area contributed by atoms with Gasteiger partial charge in [-0.05, 0) is 25.0 Å². The molecule has 0 heterocycles. The molecule has 0 aliphatic carbocycles. The Bertz CT molecular complexity index is 508. The fraction of sp³-hybridized carbons (Fsp3) is 0.429. The van der Waals surface area contributed by atoms with E-state index >= 15 is 0 Å². The topological polar surface area (TPSA) is 87.7 Å². The van der Waals surface area contributed by atoms with E-state index in [1.807, 2.05) is 0 Å². The maximum atomic E-state index is 11.7. The highest BCUT2D eigenvalue weighted by molar-refractivity contribution is 6.32. The first-order chi connectivity index (χ1) is 9.93. The summed E-state index contributed by atoms with van der Waals surface area (Å²) in [6.07, 6.45) is 1.12. The first-order valence-corrected chi connectivity index (χ1v) is 6.93. The Morgan fingerprint density at radius 1 is 1.43 bits per heavy atom. The molecule has 0 radical (unpaired) electrons. The Morgan fingerprint density at radius 3 is 2.76 bits per heavy atom. The summed E-state index contributed by atoms with van der Waals surface area (Å²) in [4.78, 5) is 22.3. The van der Waals surface area contributed by atoms with Crippen LogP contribution in [0.4, 0.5) is 10.5 Å². The molecule has 3 N–H and O–H groups in total. The van der Waals surface area contributed by atoms with Crippen LogP contribution < -0.4 is 15.4 Å². The number of hydrogen-bond donors (Lipinski definition) is 3. The van der Waals surface area contributed by atoms with Gasteiger partial charge < -0.3 is 20.5 Å². The molecular weight excluding hydrogens is 296 g/mol. The zero-order chi connectivity index (χ0) is 15.8. The standard InChI is InChI=1S/C14H19ClN2O4/c1-9(13(18)19)4-3-7-16-14(20)17-10-5-6-11(15)12(8-10)21-2/h5-6,8-9H,3-4,7H2,1-2H3,(H,18,19)(H2,16,17,20). The second kappa shape index (κ2) is 8.36. The van der Waals surface area contributed by atoms with Crippen molar-refractivity contribution in [3.63, 3.8) is 0 Å². The van der Waals surface area contributed by atoms with E-state index in [4.69, 9.17) is 21.4 Å². The molecule has 1 aromatic rings. The number of carboxylic acids is 1. The van der Waals surface area contributed by atoms with E-state index in [-0.39, 0.29) is 6.03 Å². The number of amides is 2. The van der Waals surface area contributed by atoms with E-state index < -0.39 is 11.9 Å². The third-order valence-electron chi connectivity index (χ3n) is 2.93. The zero-order valence-corrected chi connectivity index (χ0v) is 12.7. The molecule has 0 fully saturated rings. The number of urea groups is 1. The highest BCUT2D eigenvalue weighted by Gasteiger charge is 2.10. The number of methoxy groups -OCH3 is 1. The van der Waals surface area contributed by atoms with Crippen LogP contribution in [0.2, 0.25) is 5.02 Å². The van der Waals surface area contributed by atoms with Gasteiger partial charge in [0.15, 0.2) is 0 Å². The molecule has 1 aromatic carbocycles. The number of rotatable bonds is 7. The molecule has 0 spiro atoms. The molecule has 0 aliphatic heterocycles. The summed E-state index contributed by atoms with van der Waals surface area (Å²) in [6, 6.07) is 4.55. The molecule has 1 rings (SSSR count). The lowest BCUT2D eigenvalue weighted by atomic mass is 10.1. The van der Waals surface area contributed by atoms with Gasteiger partial charge in [-0.1, -0.05) is 18.5 Å². The van der Waals surface area contributed by atoms with E-state index in [1.165, 1.54) is 7.11 Å². The predicted molar refractivity (Wildman–Crippen MR) is 81.1 cm³/mol. The molecule has 0 aliphatic rings. The van der Waals surface area contributed by atoms with Crippen LogP contribution in [-0.2, 0) is 4.79 Å². The average molecular weight is 315 g/mol. The van der Waals surface area contributed by atoms with Crippen molar-refractivity contribution < 1.29 is 19.4 Å². The number of benzene rings is 1. The van der Waals surface area contributed by atoms with Crippen LogP contribution in [-0.4, -0.2) is 30.8 Å². The number of carbonyl (C=O) groups is 2. The molecule has 7 heteroatoms. The third-order valence-corrected chi connectivity index (χ3v) is 3.24. The maximum Gasteiger partial charge on any atom is 0.319 e. The van der Waals surface area contributed by atoms with Gasteiger partial charge in [-0.3, -0.25) is 4.79 Å². The lowest BCUT2D eigenvalue weighted by Crippen LogP contribution is -2.29. The van der Waals surface area contributed by atoms with Crippen molar-refractivity contribution in [3.05, 3.63) is 23.2 Å². The van der Waals surface area contributed by atoms with Gasteiger partial charge in [-0.25, -0.2) is 4.79 Å². The quantitative estimate of drug-likeness (QED) is 0.675. The third kappa shape index (κ3) is 5.91. The second-order valence-corrected chi connectivity index (χ2v) is 5.02. The Kier molecular flexibility index (Phi) is 6.81. The number of aliphatic carboxylic acids is 1. The van der Waals surface area contributed by atoms with Gasteiger partial charge in [-0.2, -0.15) is 0 Å². The normalized spacial score (nSPS) is 11.6. The molecule has 2 amide bonds. The van der Waals surface area contributed by atoms with Crippen LogP contribution in [0.1, 0.15) is 19.8 Å². The van der Waals surface area contributed by atoms with Crippen LogP contribution in [0.25, 0.3) is 0 Å². The van der Waals surface area contributed by atoms with Crippen LogP contribution in [0.5, 0.6) is 5.75 Å². The minimum absolute atomic E-state index is 0.359. The smallest absolute Gasteiger partial charge is 0.319 e. The summed E-state index contributed by atoms with van der Waals surface area (Å²) < 4.78 is 5.06. The first kappa shape index (κ1) is 17.1. The maximum absolute atomic E-state index is 11.7. The number of halogens is 1. The van der Waals surface area contributed by atoms with Crippen LogP contribution in [0, 0.1) is 5.92 Å². The SMILES string of the molecule is COc1cc(NC(=O)NCCCC(C)C(=O)O)ccc1Cl. The van der Waals surface area contributed by atoms with Gasteiger partial charge in [0.2, 0.25) is 0 Å². The fourth-order valence-electron chi connectivity index (χ4n) is 1.65. The molecule has 116 valence electrons. The van der Waals surface area contributed by atoms with Crippen LogP contribution in [0.3, 0.4) is 0 Å². The highest BCUT2D eigenvalue weighted by atomic mass is 35.5. The van der Waals surface area contributed by atoms with Gasteiger partial charge >= 0.3 is 12.0 Å². The molecule has 0 aromatic heterocycles. The molecule has 0 saturated heterocycles. The molecule has 0 saturated carbocycles. The molecular formula is C14H19ClN2O4. The average Bonchev–Trinajstić information content (AvgIpc) is 2.45. The predicted octanol–water partition coefficient (Wildman–Crippen LogP) is 2.97. The number of anilines is 1. The van der Waals surface area contributed by atoms with Gasteiger partial charge in [0.05, 0.1) is 18.1 Å². The summed E-state index contributed by atoms with van der Waals surface area (Å²) >= 11 is 5.89. The fourth-order valence-corrected chi connectivity index (χ4v) is 1.84. The number of carboxylic acid groups (broad SMARTS) is 1. The lowest BCUT2D eigenvalue weighted by Gasteiger charge is -2.10. The van der Waals surface area contributed by atoms with Crippen molar-refractivity contribution in [1.82, 2.24) is 5.32 Å². The van der Waals surface area contributed by atoms with Crippen molar-refractivity contribution in [2.24, 2.45) is 5.92 Å². The summed E-state index contributed by atoms with van der Waals surface area (Å²) in [7, 11) is 1.49. The monoisotopic (exact) mass is 314 g/mol. The molecule has 6 nitrogen and oxygen atoms in total. The summed E-state index contributed by atoms with van der Waals surface area (Å²) in [5.41, 5.74) is 0.563. The van der Waals surface area contributed by atoms with Gasteiger partial charge in [0.1, 0.15) is 5.75 Å². The van der Waals surface area contributed by atoms with Crippen molar-refractivity contribution in [2.75, 3.05) is 19.0 Å². The molecule has 1 unspecified atom stereocenters. The van der Waals surface area contributed by atoms with Gasteiger partial charge in [-0.15, -0.1) is 0 Å². The molecule has 21 heavy (non-hydrogen) atoms. The van der Waals surface area contributed by atoms with E-state index in [9.17, 15) is 9.59 Å². The zero-order valence-electron chi connectivity index (χ0n) is 12.0. The van der Waals surface area contributed by atoms with E-state index in [1.54, 1.807) is 25.1 Å². The van der Waals surface area contributed by atoms with Crippen molar-refractivity contribution >= 4 is 29.3 Å². The summed E-state index contributed by atoms with van der Waals surface area (Å²) in [5, 5.41) is 14.5. The van der Waals surface area contributed by atoms with E-state index in [0.29, 0.717) is 35.8 Å². The Hall–Kier alpha value is -1.95. The van der Waals surface area contributed by atoms with Gasteiger partial charge in [0, 0.05) is 18.3 Å². The first-order valence-electron chi connectivity index (χ1n) is 6.55. The number of nitrogens with one attached hydrogen (secondary N) is 2. The second-order valence-electron chi connectivity index (χ2n) is 4.61. The number of ether oxygens (including phenoxy) is 1. The number of hydrogen-bond acceptors (Lipinski definition) is 3. The van der Waals surface area contributed by atoms with Crippen molar-refractivity contribution in [2.45, 2.75) is 19.8 Å². The van der Waals surface area contributed by atoms with Crippen LogP contribution >= 0.6 is 11.6 Å². The highest BCUT2D eigenvalue weighted by Crippen LogP contribution is 2.27. The Balaban J connectivity index is 2.35. The molecule has 1 atom stereocenters. The minimum Gasteiger partial charge on any atom is -0.495 e. The molecule has 0 bridgehead atoms. The summed E-state index contributed by atoms with van der Waals surface area (Å²) in [5.74, 6) is -0.757. The van der Waals surface area contributed by atoms with Crippen molar-refractivity contribution in [3.8, 4) is 5.75 Å². The Morgan fingerprint density at radius 2 is 2.14 bits per heavy atom. The van der Waals surface area contributed by atoms with Gasteiger partial charge in [0.25, 0.3) is 0 Å². The van der Waals surface area contributed by atoms with E-state index in [2.05, 4.69) is 10.6 Å². The number of carbonyl (C=O) groups excluding carboxylic acids is 1. The van der Waals surface area contributed by atoms with Crippen molar-refractivity contribution in [1.29, 1.82) is 0 Å². The lowest BCUT2D eigenvalue weighted by molar-refractivity contribution is -0.141. The minimum atomic E-state index is -0.826. The van der Waals surface area contributed by atoms with E-state index in [0.717, 1.165) is 0 Å². The summed E-state index contributed by atoms with van der Waals surface area (Å²) in [6.45, 7) is 2.05.